The molecule has 1 amide bonds. The summed E-state index contributed by atoms with van der Waals surface area (Å²) in [5.74, 6) is -0.0750. The molecule has 0 aliphatic rings. The minimum atomic E-state index is -4.00. The molecule has 0 radical (unpaired) electrons. The van der Waals surface area contributed by atoms with Crippen molar-refractivity contribution in [1.29, 1.82) is 0 Å². The summed E-state index contributed by atoms with van der Waals surface area (Å²) in [6.45, 7) is 4.02. The van der Waals surface area contributed by atoms with Crippen LogP contribution in [0.25, 0.3) is 0 Å². The second-order valence-corrected chi connectivity index (χ2v) is 8.94. The molecule has 168 valence electrons. The zero-order valence-corrected chi connectivity index (χ0v) is 18.8. The molecule has 0 fully saturated rings. The Kier molecular flexibility index (Phi) is 7.15. The molecule has 3 aromatic rings. The van der Waals surface area contributed by atoms with Gasteiger partial charge in [0.15, 0.2) is 0 Å². The molecule has 6 nitrogen and oxygen atoms in total. The van der Waals surface area contributed by atoms with Gasteiger partial charge in [-0.3, -0.25) is 4.79 Å². The highest BCUT2D eigenvalue weighted by molar-refractivity contribution is 7.87. The number of benzene rings is 3. The molecular formula is C24H24FNO5S. The van der Waals surface area contributed by atoms with Crippen LogP contribution in [0.2, 0.25) is 0 Å². The summed E-state index contributed by atoms with van der Waals surface area (Å²) in [7, 11) is -2.50. The summed E-state index contributed by atoms with van der Waals surface area (Å²) < 4.78 is 48.7. The van der Waals surface area contributed by atoms with E-state index < -0.39 is 15.9 Å². The van der Waals surface area contributed by atoms with E-state index >= 15 is 0 Å². The summed E-state index contributed by atoms with van der Waals surface area (Å²) >= 11 is 0. The number of halogens is 1. The number of rotatable bonds is 8. The van der Waals surface area contributed by atoms with Crippen LogP contribution in [0.1, 0.15) is 29.8 Å². The first-order chi connectivity index (χ1) is 15.2. The monoisotopic (exact) mass is 457 g/mol. The fourth-order valence-electron chi connectivity index (χ4n) is 3.04. The fourth-order valence-corrected chi connectivity index (χ4v) is 3.97. The lowest BCUT2D eigenvalue weighted by Crippen LogP contribution is -2.36. The molecule has 32 heavy (non-hydrogen) atoms. The molecule has 3 aromatic carbocycles. The van der Waals surface area contributed by atoms with E-state index in [4.69, 9.17) is 8.92 Å². The van der Waals surface area contributed by atoms with Gasteiger partial charge in [-0.15, -0.1) is 0 Å². The highest BCUT2D eigenvalue weighted by atomic mass is 32.2. The Morgan fingerprint density at radius 3 is 2.16 bits per heavy atom. The molecule has 0 unspecified atom stereocenters. The summed E-state index contributed by atoms with van der Waals surface area (Å²) in [5.41, 5.74) is 1.04. The number of hydrogen-bond donors (Lipinski definition) is 0. The van der Waals surface area contributed by atoms with Gasteiger partial charge in [-0.05, 0) is 74.0 Å². The summed E-state index contributed by atoms with van der Waals surface area (Å²) in [6.07, 6.45) is 0. The minimum absolute atomic E-state index is 0.00838. The quantitative estimate of drug-likeness (QED) is 0.460. The molecule has 0 spiro atoms. The molecule has 0 saturated heterocycles. The number of methoxy groups -OCH3 is 1. The predicted octanol–water partition coefficient (Wildman–Crippen LogP) is 4.65. The smallest absolute Gasteiger partial charge is 0.339 e. The summed E-state index contributed by atoms with van der Waals surface area (Å²) in [6, 6.07) is 17.7. The molecular weight excluding hydrogens is 433 g/mol. The van der Waals surface area contributed by atoms with Crippen LogP contribution in [0.4, 0.5) is 4.39 Å². The third-order valence-corrected chi connectivity index (χ3v) is 6.05. The van der Waals surface area contributed by atoms with Crippen LogP contribution >= 0.6 is 0 Å². The molecule has 0 heterocycles. The maximum Gasteiger partial charge on any atom is 0.339 e. The van der Waals surface area contributed by atoms with Gasteiger partial charge in [0.2, 0.25) is 0 Å². The molecule has 0 atom stereocenters. The van der Waals surface area contributed by atoms with Crippen molar-refractivity contribution >= 4 is 16.0 Å². The Morgan fingerprint density at radius 2 is 1.59 bits per heavy atom. The van der Waals surface area contributed by atoms with Crippen molar-refractivity contribution in [1.82, 2.24) is 4.90 Å². The van der Waals surface area contributed by atoms with Crippen molar-refractivity contribution in [3.8, 4) is 11.5 Å². The lowest BCUT2D eigenvalue weighted by Gasteiger charge is -2.27. The standard InChI is InChI=1S/C24H24FNO5S/c1-17(2)26(24(27)19-5-4-6-20(25)15-19)16-18-7-9-22(10-8-18)31-32(28,29)23-13-11-21(30-3)12-14-23/h4-15,17H,16H2,1-3H3. The normalized spacial score (nSPS) is 11.3. The highest BCUT2D eigenvalue weighted by Gasteiger charge is 2.20. The van der Waals surface area contributed by atoms with E-state index in [1.807, 2.05) is 13.8 Å². The maximum absolute atomic E-state index is 13.5. The third-order valence-electron chi connectivity index (χ3n) is 4.79. The Labute approximate surface area is 187 Å². The van der Waals surface area contributed by atoms with Gasteiger partial charge in [-0.2, -0.15) is 8.42 Å². The first-order valence-electron chi connectivity index (χ1n) is 9.93. The fraction of sp³-hybridized carbons (Fsp3) is 0.208. The Balaban J connectivity index is 1.73. The second kappa shape index (κ2) is 9.82. The van der Waals surface area contributed by atoms with Gasteiger partial charge < -0.3 is 13.8 Å². The number of nitrogens with zero attached hydrogens (tertiary/aromatic N) is 1. The van der Waals surface area contributed by atoms with Gasteiger partial charge in [0.1, 0.15) is 22.2 Å². The van der Waals surface area contributed by atoms with Crippen LogP contribution in [0, 0.1) is 5.82 Å². The summed E-state index contributed by atoms with van der Waals surface area (Å²) in [4.78, 5) is 14.5. The van der Waals surface area contributed by atoms with E-state index in [2.05, 4.69) is 0 Å². The highest BCUT2D eigenvalue weighted by Crippen LogP contribution is 2.22. The van der Waals surface area contributed by atoms with Crippen molar-refractivity contribution < 1.29 is 26.5 Å². The molecule has 0 N–H and O–H groups in total. The first-order valence-corrected chi connectivity index (χ1v) is 11.3. The van der Waals surface area contributed by atoms with Crippen LogP contribution in [0.3, 0.4) is 0 Å². The van der Waals surface area contributed by atoms with E-state index in [0.717, 1.165) is 5.56 Å². The van der Waals surface area contributed by atoms with Crippen LogP contribution < -0.4 is 8.92 Å². The van der Waals surface area contributed by atoms with Crippen molar-refractivity contribution in [2.45, 2.75) is 31.3 Å². The van der Waals surface area contributed by atoms with Crippen LogP contribution in [-0.4, -0.2) is 32.4 Å². The average molecular weight is 458 g/mol. The van der Waals surface area contributed by atoms with Crippen molar-refractivity contribution in [3.05, 3.63) is 89.7 Å². The molecule has 0 aromatic heterocycles. The number of carbonyl (C=O) groups excluding carboxylic acids is 1. The lowest BCUT2D eigenvalue weighted by molar-refractivity contribution is 0.0690. The largest absolute Gasteiger partial charge is 0.497 e. The van der Waals surface area contributed by atoms with Gasteiger partial charge in [0.05, 0.1) is 7.11 Å². The average Bonchev–Trinajstić information content (AvgIpc) is 2.77. The first kappa shape index (κ1) is 23.3. The minimum Gasteiger partial charge on any atom is -0.497 e. The number of amides is 1. The SMILES string of the molecule is COc1ccc(S(=O)(=O)Oc2ccc(CN(C(=O)c3cccc(F)c3)C(C)C)cc2)cc1. The Bertz CT molecular complexity index is 1180. The van der Waals surface area contributed by atoms with Crippen LogP contribution in [0.5, 0.6) is 11.5 Å². The molecule has 3 rings (SSSR count). The number of carbonyl (C=O) groups is 1. The van der Waals surface area contributed by atoms with Gasteiger partial charge in [0.25, 0.3) is 5.91 Å². The van der Waals surface area contributed by atoms with Gasteiger partial charge in [-0.25, -0.2) is 4.39 Å². The van der Waals surface area contributed by atoms with Gasteiger partial charge in [-0.1, -0.05) is 18.2 Å². The van der Waals surface area contributed by atoms with Crippen LogP contribution in [-0.2, 0) is 16.7 Å². The van der Waals surface area contributed by atoms with Crippen molar-refractivity contribution in [2.75, 3.05) is 7.11 Å². The predicted molar refractivity (Wildman–Crippen MR) is 119 cm³/mol. The van der Waals surface area contributed by atoms with E-state index in [0.29, 0.717) is 5.75 Å². The van der Waals surface area contributed by atoms with E-state index in [1.165, 1.54) is 61.7 Å². The molecule has 0 bridgehead atoms. The van der Waals surface area contributed by atoms with Gasteiger partial charge in [0, 0.05) is 18.2 Å². The number of hydrogen-bond acceptors (Lipinski definition) is 5. The Hall–Kier alpha value is -3.39. The molecule has 0 aliphatic heterocycles. The van der Waals surface area contributed by atoms with Crippen molar-refractivity contribution in [3.63, 3.8) is 0 Å². The van der Waals surface area contributed by atoms with E-state index in [9.17, 15) is 17.6 Å². The zero-order chi connectivity index (χ0) is 23.3. The van der Waals surface area contributed by atoms with Crippen molar-refractivity contribution in [2.24, 2.45) is 0 Å². The second-order valence-electron chi connectivity index (χ2n) is 7.39. The van der Waals surface area contributed by atoms with E-state index in [1.54, 1.807) is 23.1 Å². The lowest BCUT2D eigenvalue weighted by atomic mass is 10.1. The molecule has 0 saturated carbocycles. The van der Waals surface area contributed by atoms with E-state index in [-0.39, 0.29) is 34.7 Å². The third kappa shape index (κ3) is 5.64. The summed E-state index contributed by atoms with van der Waals surface area (Å²) in [5, 5.41) is 0. The van der Waals surface area contributed by atoms with Crippen LogP contribution in [0.15, 0.2) is 77.7 Å². The molecule has 0 aliphatic carbocycles. The number of ether oxygens (including phenoxy) is 1. The van der Waals surface area contributed by atoms with Gasteiger partial charge >= 0.3 is 10.1 Å². The topological polar surface area (TPSA) is 72.9 Å². The zero-order valence-electron chi connectivity index (χ0n) is 18.0. The maximum atomic E-state index is 13.5. The molecule has 8 heteroatoms. The Morgan fingerprint density at radius 1 is 0.969 bits per heavy atom.